The molecule has 1 saturated heterocycles. The van der Waals surface area contributed by atoms with Crippen LogP contribution in [0.3, 0.4) is 0 Å². The molecule has 0 aliphatic carbocycles. The Morgan fingerprint density at radius 1 is 0.812 bits per heavy atom. The van der Waals surface area contributed by atoms with Gasteiger partial charge in [-0.3, -0.25) is 4.79 Å². The summed E-state index contributed by atoms with van der Waals surface area (Å²) in [7, 11) is 4.61. The van der Waals surface area contributed by atoms with Gasteiger partial charge in [0.25, 0.3) is 5.91 Å². The summed E-state index contributed by atoms with van der Waals surface area (Å²) in [4.78, 5) is 17.1. The van der Waals surface area contributed by atoms with Crippen molar-refractivity contribution in [3.63, 3.8) is 0 Å². The van der Waals surface area contributed by atoms with Crippen LogP contribution < -0.4 is 19.1 Å². The molecule has 1 aromatic heterocycles. The molecule has 0 unspecified atom stereocenters. The topological polar surface area (TPSA) is 77.0 Å². The van der Waals surface area contributed by atoms with Crippen molar-refractivity contribution in [2.24, 2.45) is 0 Å². The van der Waals surface area contributed by atoms with E-state index in [1.54, 1.807) is 12.1 Å². The number of hydrogen-bond acceptors (Lipinski definition) is 7. The molecule has 0 bridgehead atoms. The summed E-state index contributed by atoms with van der Waals surface area (Å²) in [5, 5.41) is 8.77. The van der Waals surface area contributed by atoms with Gasteiger partial charge in [-0.25, -0.2) is 0 Å². The van der Waals surface area contributed by atoms with Gasteiger partial charge < -0.3 is 24.0 Å². The van der Waals surface area contributed by atoms with Gasteiger partial charge in [0, 0.05) is 37.3 Å². The van der Waals surface area contributed by atoms with Crippen LogP contribution in [0, 0.1) is 0 Å². The van der Waals surface area contributed by atoms with Crippen LogP contribution in [0.1, 0.15) is 10.4 Å². The second kappa shape index (κ2) is 9.55. The molecule has 0 spiro atoms. The van der Waals surface area contributed by atoms with Crippen molar-refractivity contribution < 1.29 is 19.0 Å². The van der Waals surface area contributed by atoms with Gasteiger partial charge in [0.05, 0.1) is 27.0 Å². The Morgan fingerprint density at radius 3 is 2.00 bits per heavy atom. The molecule has 0 atom stereocenters. The largest absolute Gasteiger partial charge is 0.493 e. The number of methoxy groups -OCH3 is 3. The van der Waals surface area contributed by atoms with Crippen LogP contribution in [-0.4, -0.2) is 68.5 Å². The summed E-state index contributed by atoms with van der Waals surface area (Å²) in [6.07, 6.45) is 0. The lowest BCUT2D eigenvalue weighted by Crippen LogP contribution is -2.49. The molecule has 8 nitrogen and oxygen atoms in total. The first-order chi connectivity index (χ1) is 15.6. The fraction of sp³-hybridized carbons (Fsp3) is 0.292. The number of amides is 1. The zero-order valence-electron chi connectivity index (χ0n) is 18.4. The highest BCUT2D eigenvalue weighted by atomic mass is 16.5. The number of piperazine rings is 1. The minimum atomic E-state index is -0.0746. The Balaban J connectivity index is 1.43. The van der Waals surface area contributed by atoms with Crippen molar-refractivity contribution in [1.82, 2.24) is 15.1 Å². The summed E-state index contributed by atoms with van der Waals surface area (Å²) in [5.41, 5.74) is 2.37. The predicted molar refractivity (Wildman–Crippen MR) is 122 cm³/mol. The molecule has 166 valence electrons. The van der Waals surface area contributed by atoms with Gasteiger partial charge in [-0.1, -0.05) is 30.3 Å². The summed E-state index contributed by atoms with van der Waals surface area (Å²) < 4.78 is 16.1. The SMILES string of the molecule is COc1cc(C(=O)N2CCN(c3ccc(-c4ccccc4)nn3)CC2)cc(OC)c1OC. The van der Waals surface area contributed by atoms with Gasteiger partial charge in [0.1, 0.15) is 0 Å². The maximum Gasteiger partial charge on any atom is 0.254 e. The molecule has 2 heterocycles. The van der Waals surface area contributed by atoms with Crippen LogP contribution >= 0.6 is 0 Å². The van der Waals surface area contributed by atoms with Crippen LogP contribution in [0.2, 0.25) is 0 Å². The Bertz CT molecular complexity index is 1040. The summed E-state index contributed by atoms with van der Waals surface area (Å²) in [5.74, 6) is 2.12. The smallest absolute Gasteiger partial charge is 0.254 e. The zero-order valence-corrected chi connectivity index (χ0v) is 18.4. The standard InChI is InChI=1S/C24H26N4O4/c1-30-20-15-18(16-21(31-2)23(20)32-3)24(29)28-13-11-27(12-14-28)22-10-9-19(25-26-22)17-7-5-4-6-8-17/h4-10,15-16H,11-14H2,1-3H3. The minimum absolute atomic E-state index is 0.0746. The third-order valence-electron chi connectivity index (χ3n) is 5.52. The average molecular weight is 434 g/mol. The second-order valence-corrected chi connectivity index (χ2v) is 7.34. The van der Waals surface area contributed by atoms with Crippen LogP contribution in [0.4, 0.5) is 5.82 Å². The average Bonchev–Trinajstić information content (AvgIpc) is 2.88. The number of nitrogens with zero attached hydrogens (tertiary/aromatic N) is 4. The first-order valence-electron chi connectivity index (χ1n) is 10.4. The van der Waals surface area contributed by atoms with E-state index in [-0.39, 0.29) is 5.91 Å². The molecule has 1 amide bonds. The van der Waals surface area contributed by atoms with Gasteiger partial charge in [-0.2, -0.15) is 0 Å². The van der Waals surface area contributed by atoms with Gasteiger partial charge in [0.15, 0.2) is 17.3 Å². The fourth-order valence-corrected chi connectivity index (χ4v) is 3.78. The number of benzene rings is 2. The molecular weight excluding hydrogens is 408 g/mol. The number of carbonyl (C=O) groups excluding carboxylic acids is 1. The Morgan fingerprint density at radius 2 is 1.47 bits per heavy atom. The van der Waals surface area contributed by atoms with E-state index in [0.29, 0.717) is 49.0 Å². The van der Waals surface area contributed by atoms with E-state index < -0.39 is 0 Å². The van der Waals surface area contributed by atoms with Crippen molar-refractivity contribution in [2.45, 2.75) is 0 Å². The van der Waals surface area contributed by atoms with E-state index in [2.05, 4.69) is 15.1 Å². The van der Waals surface area contributed by atoms with Crippen molar-refractivity contribution in [2.75, 3.05) is 52.4 Å². The van der Waals surface area contributed by atoms with Gasteiger partial charge in [0.2, 0.25) is 5.75 Å². The van der Waals surface area contributed by atoms with Crippen molar-refractivity contribution in [1.29, 1.82) is 0 Å². The number of aromatic nitrogens is 2. The Hall–Kier alpha value is -3.81. The monoisotopic (exact) mass is 434 g/mol. The highest BCUT2D eigenvalue weighted by molar-refractivity contribution is 5.95. The van der Waals surface area contributed by atoms with Crippen molar-refractivity contribution in [3.05, 3.63) is 60.2 Å². The lowest BCUT2D eigenvalue weighted by molar-refractivity contribution is 0.0745. The highest BCUT2D eigenvalue weighted by Crippen LogP contribution is 2.38. The van der Waals surface area contributed by atoms with E-state index in [0.717, 1.165) is 17.1 Å². The number of anilines is 1. The molecule has 4 rings (SSSR count). The zero-order chi connectivity index (χ0) is 22.5. The number of carbonyl (C=O) groups is 1. The van der Waals surface area contributed by atoms with E-state index in [1.165, 1.54) is 21.3 Å². The lowest BCUT2D eigenvalue weighted by atomic mass is 10.1. The summed E-state index contributed by atoms with van der Waals surface area (Å²) >= 11 is 0. The summed E-state index contributed by atoms with van der Waals surface area (Å²) in [6.45, 7) is 2.51. The molecule has 8 heteroatoms. The third-order valence-corrected chi connectivity index (χ3v) is 5.52. The van der Waals surface area contributed by atoms with Crippen molar-refractivity contribution in [3.8, 4) is 28.5 Å². The molecule has 1 aliphatic heterocycles. The Kier molecular flexibility index (Phi) is 6.39. The second-order valence-electron chi connectivity index (χ2n) is 7.34. The normalized spacial score (nSPS) is 13.6. The van der Waals surface area contributed by atoms with Crippen LogP contribution in [0.5, 0.6) is 17.2 Å². The first-order valence-corrected chi connectivity index (χ1v) is 10.4. The Labute approximate surface area is 187 Å². The predicted octanol–water partition coefficient (Wildman–Crippen LogP) is 3.13. The van der Waals surface area contributed by atoms with E-state index in [4.69, 9.17) is 14.2 Å². The quantitative estimate of drug-likeness (QED) is 0.590. The van der Waals surface area contributed by atoms with Crippen LogP contribution in [-0.2, 0) is 0 Å². The molecule has 1 aliphatic rings. The molecule has 1 fully saturated rings. The van der Waals surface area contributed by atoms with E-state index >= 15 is 0 Å². The molecular formula is C24H26N4O4. The van der Waals surface area contributed by atoms with Gasteiger partial charge in [-0.05, 0) is 24.3 Å². The van der Waals surface area contributed by atoms with Crippen molar-refractivity contribution >= 4 is 11.7 Å². The van der Waals surface area contributed by atoms with Crippen LogP contribution in [0.25, 0.3) is 11.3 Å². The molecule has 3 aromatic rings. The third kappa shape index (κ3) is 4.30. The van der Waals surface area contributed by atoms with E-state index in [1.807, 2.05) is 47.4 Å². The van der Waals surface area contributed by atoms with Gasteiger partial charge in [-0.15, -0.1) is 10.2 Å². The molecule has 0 N–H and O–H groups in total. The van der Waals surface area contributed by atoms with Crippen LogP contribution in [0.15, 0.2) is 54.6 Å². The molecule has 2 aromatic carbocycles. The fourth-order valence-electron chi connectivity index (χ4n) is 3.78. The lowest BCUT2D eigenvalue weighted by Gasteiger charge is -2.35. The van der Waals surface area contributed by atoms with Gasteiger partial charge >= 0.3 is 0 Å². The number of ether oxygens (including phenoxy) is 3. The summed E-state index contributed by atoms with van der Waals surface area (Å²) in [6, 6.07) is 17.3. The molecule has 0 saturated carbocycles. The first kappa shape index (κ1) is 21.4. The highest BCUT2D eigenvalue weighted by Gasteiger charge is 2.25. The molecule has 0 radical (unpaired) electrons. The molecule has 32 heavy (non-hydrogen) atoms. The maximum atomic E-state index is 13.1. The maximum absolute atomic E-state index is 13.1. The number of hydrogen-bond donors (Lipinski definition) is 0. The number of rotatable bonds is 6. The minimum Gasteiger partial charge on any atom is -0.493 e. The van der Waals surface area contributed by atoms with E-state index in [9.17, 15) is 4.79 Å².